The molecule has 9 aliphatic rings. The molecule has 0 aromatic heterocycles. The molecular formula is C63H108O26. The molecule has 0 bridgehead atoms. The van der Waals surface area contributed by atoms with Crippen LogP contribution in [0.15, 0.2) is 11.6 Å². The fourth-order valence-corrected chi connectivity index (χ4v) is 18.1. The predicted molar refractivity (Wildman–Crippen MR) is 310 cm³/mol. The fraction of sp³-hybridized carbons (Fsp3) is 0.968. The average Bonchev–Trinajstić information content (AvgIpc) is 1.66. The molecule has 18 N–H and O–H groups in total. The predicted octanol–water partition coefficient (Wildman–Crippen LogP) is -2.81. The zero-order valence-corrected chi connectivity index (χ0v) is 53.0. The Kier molecular flexibility index (Phi) is 22.4. The molecule has 89 heavy (non-hydrogen) atoms. The van der Waals surface area contributed by atoms with E-state index in [9.17, 15) is 91.9 Å². The third-order valence-electron chi connectivity index (χ3n) is 24.3. The van der Waals surface area contributed by atoms with E-state index >= 15 is 0 Å². The van der Waals surface area contributed by atoms with Gasteiger partial charge >= 0.3 is 0 Å². The zero-order valence-electron chi connectivity index (χ0n) is 53.0. The smallest absolute Gasteiger partial charge is 0.187 e. The first-order valence-corrected chi connectivity index (χ1v) is 32.6. The average molecular weight is 1280 g/mol. The van der Waals surface area contributed by atoms with E-state index in [1.165, 1.54) is 0 Å². The van der Waals surface area contributed by atoms with Crippen LogP contribution in [0.3, 0.4) is 0 Å². The molecule has 0 aromatic carbocycles. The van der Waals surface area contributed by atoms with Crippen molar-refractivity contribution >= 4 is 0 Å². The molecule has 26 nitrogen and oxygen atoms in total. The van der Waals surface area contributed by atoms with Gasteiger partial charge in [0.15, 0.2) is 18.9 Å². The Balaban J connectivity index is 0.883. The van der Waals surface area contributed by atoms with Crippen molar-refractivity contribution in [2.45, 2.75) is 285 Å². The number of allylic oxidation sites excluding steroid dienone is 1. The standard InChI is InChI=1S/C63H108O26/c1-26(10-14-41(60(5,6)81)89-58-55(84-33-18-28(21-64)43(69)42(68)27(33)2)52(78)48(74)37(87-58)25-83-56-53(79)50(76)46(72)35(23-66)85-56)30-16-17-61(7)38-13-11-31-32(63(38,9)39(67)20-62(30,61)8)12-15-40(59(31,3)4)88-57-54(80)51(77)47(73)36(86-57)24-82-34-19-29(22-65)44(70)49(75)45(34)71/h11,26-30,32-58,64-81H,10,12-25H2,1-9H3/t26-,27+,28-,29-,30?,32?,33-,34+,35-,36-,37-,38?,39-,40+,41-,42-,43-,44-,45+,46-,47-,48-,49+,50+,51+,52+,53-,54-,55-,56+,57+,58+,61+,62-,63+/m1/s1. The second kappa shape index (κ2) is 27.7. The van der Waals surface area contributed by atoms with E-state index in [0.29, 0.717) is 32.1 Å². The van der Waals surface area contributed by atoms with Gasteiger partial charge in [-0.15, -0.1) is 0 Å². The van der Waals surface area contributed by atoms with Gasteiger partial charge in [-0.1, -0.05) is 60.1 Å². The minimum Gasteiger partial charge on any atom is -0.396 e. The highest BCUT2D eigenvalue weighted by Gasteiger charge is 2.70. The maximum Gasteiger partial charge on any atom is 0.187 e. The van der Waals surface area contributed by atoms with Gasteiger partial charge in [0, 0.05) is 41.8 Å². The summed E-state index contributed by atoms with van der Waals surface area (Å²) in [5.74, 6) is -2.12. The van der Waals surface area contributed by atoms with Gasteiger partial charge in [-0.05, 0) is 113 Å². The summed E-state index contributed by atoms with van der Waals surface area (Å²) in [6.07, 6.45) is -27.5. The van der Waals surface area contributed by atoms with E-state index in [2.05, 4.69) is 47.6 Å². The topological polar surface area (TPSA) is 438 Å². The number of rotatable bonds is 20. The highest BCUT2D eigenvalue weighted by atomic mass is 16.7. The lowest BCUT2D eigenvalue weighted by Crippen LogP contribution is -2.65. The van der Waals surface area contributed by atoms with Crippen molar-refractivity contribution in [3.8, 4) is 0 Å². The highest BCUT2D eigenvalue weighted by molar-refractivity contribution is 5.32. The summed E-state index contributed by atoms with van der Waals surface area (Å²) >= 11 is 0. The lowest BCUT2D eigenvalue weighted by molar-refractivity contribution is -0.353. The molecule has 0 aromatic rings. The van der Waals surface area contributed by atoms with Crippen molar-refractivity contribution in [1.82, 2.24) is 0 Å². The molecular weight excluding hydrogens is 1170 g/mol. The van der Waals surface area contributed by atoms with Gasteiger partial charge in [0.2, 0.25) is 0 Å². The summed E-state index contributed by atoms with van der Waals surface area (Å²) < 4.78 is 49.5. The summed E-state index contributed by atoms with van der Waals surface area (Å²) in [4.78, 5) is 0. The molecule has 9 rings (SSSR count). The number of ether oxygens (including phenoxy) is 8. The fourth-order valence-electron chi connectivity index (χ4n) is 18.1. The van der Waals surface area contributed by atoms with Crippen LogP contribution in [0.4, 0.5) is 0 Å². The van der Waals surface area contributed by atoms with Crippen LogP contribution in [0, 0.1) is 63.1 Å². The first kappa shape index (κ1) is 72.0. The number of fused-ring (bicyclic) bond motifs is 5. The molecule has 26 heteroatoms. The Labute approximate surface area is 521 Å². The van der Waals surface area contributed by atoms with E-state index < -0.39 is 214 Å². The Morgan fingerprint density at radius 2 is 1.12 bits per heavy atom. The van der Waals surface area contributed by atoms with Crippen LogP contribution in [0.1, 0.15) is 127 Å². The van der Waals surface area contributed by atoms with Gasteiger partial charge in [-0.2, -0.15) is 0 Å². The Hall–Kier alpha value is -1.30. The van der Waals surface area contributed by atoms with Crippen molar-refractivity contribution in [2.75, 3.05) is 33.0 Å². The Morgan fingerprint density at radius 3 is 1.74 bits per heavy atom. The van der Waals surface area contributed by atoms with Gasteiger partial charge in [0.1, 0.15) is 85.5 Å². The summed E-state index contributed by atoms with van der Waals surface area (Å²) in [6.45, 7) is 15.4. The minimum atomic E-state index is -1.78. The first-order valence-electron chi connectivity index (χ1n) is 32.6. The molecule has 5 saturated carbocycles. The van der Waals surface area contributed by atoms with Gasteiger partial charge in [-0.25, -0.2) is 0 Å². The molecule has 0 spiro atoms. The van der Waals surface area contributed by atoms with E-state index in [0.717, 1.165) is 18.4 Å². The number of aliphatic hydroxyl groups excluding tert-OH is 17. The van der Waals surface area contributed by atoms with Crippen LogP contribution in [0.25, 0.3) is 0 Å². The largest absolute Gasteiger partial charge is 0.396 e. The number of hydrogen-bond donors (Lipinski definition) is 18. The van der Waals surface area contributed by atoms with Crippen LogP contribution in [-0.4, -0.2) is 284 Å². The van der Waals surface area contributed by atoms with Crippen molar-refractivity contribution < 1.29 is 130 Å². The SMILES string of the molecule is C[C@@H]1[C@@H](O)[C@H](O)[C@@H](CO)C[C@H]1O[C@H]1[C@H](O[C@H](CC[C@@H](C)C2CC[C@@]3(C)C4CC=C5C(CC[C@H](O[C@@H]6O[C@H](CO[C@H]7C[C@H](CO)[C@@H](O)[C@H](O)[C@H]7O)[C@@H](O)[C@H](O)[C@H]6O)C5(C)C)[C@]4(C)[C@H](O)C[C@]23C)C(C)(C)O)O[C@H](CO[C@H]2O[C@H](CO)[C@@H](O)[C@H](O)[C@H]2O)[C@@H](O)[C@@H]1O. The summed E-state index contributed by atoms with van der Waals surface area (Å²) in [5.41, 5.74) is -2.21. The van der Waals surface area contributed by atoms with Crippen LogP contribution < -0.4 is 0 Å². The lowest BCUT2D eigenvalue weighted by Gasteiger charge is -2.67. The minimum absolute atomic E-state index is 0.00307. The Bertz CT molecular complexity index is 2340. The van der Waals surface area contributed by atoms with Crippen LogP contribution >= 0.6 is 0 Å². The van der Waals surface area contributed by atoms with Crippen molar-refractivity contribution in [3.63, 3.8) is 0 Å². The van der Waals surface area contributed by atoms with Gasteiger partial charge in [0.05, 0.1) is 74.3 Å². The Morgan fingerprint density at radius 1 is 0.573 bits per heavy atom. The van der Waals surface area contributed by atoms with Crippen LogP contribution in [-0.2, 0) is 37.9 Å². The molecule has 3 heterocycles. The van der Waals surface area contributed by atoms with Crippen LogP contribution in [0.5, 0.6) is 0 Å². The van der Waals surface area contributed by atoms with E-state index in [1.807, 2.05) is 0 Å². The molecule has 516 valence electrons. The second-order valence-electron chi connectivity index (χ2n) is 30.1. The normalized spacial score (nSPS) is 51.8. The molecule has 3 saturated heterocycles. The maximum atomic E-state index is 12.9. The zero-order chi connectivity index (χ0) is 65.5. The quantitative estimate of drug-likeness (QED) is 0.0547. The lowest BCUT2D eigenvalue weighted by atomic mass is 9.38. The molecule has 3 aliphatic heterocycles. The molecule has 0 radical (unpaired) electrons. The maximum absolute atomic E-state index is 12.9. The third-order valence-corrected chi connectivity index (χ3v) is 24.3. The van der Waals surface area contributed by atoms with E-state index in [4.69, 9.17) is 37.9 Å². The van der Waals surface area contributed by atoms with Crippen LogP contribution in [0.2, 0.25) is 0 Å². The van der Waals surface area contributed by atoms with E-state index in [-0.39, 0.29) is 60.4 Å². The molecule has 8 fully saturated rings. The van der Waals surface area contributed by atoms with Crippen molar-refractivity contribution in [1.29, 1.82) is 0 Å². The second-order valence-corrected chi connectivity index (χ2v) is 30.1. The molecule has 35 atom stereocenters. The number of aliphatic hydroxyl groups is 18. The highest BCUT2D eigenvalue weighted by Crippen LogP contribution is 2.75. The van der Waals surface area contributed by atoms with E-state index in [1.54, 1.807) is 20.8 Å². The monoisotopic (exact) mass is 1280 g/mol. The first-order chi connectivity index (χ1) is 41.6. The van der Waals surface area contributed by atoms with Crippen molar-refractivity contribution in [3.05, 3.63) is 11.6 Å². The summed E-state index contributed by atoms with van der Waals surface area (Å²) in [6, 6.07) is 0. The molecule has 0 amide bonds. The summed E-state index contributed by atoms with van der Waals surface area (Å²) in [5, 5.41) is 196. The molecule has 6 aliphatic carbocycles. The van der Waals surface area contributed by atoms with Gasteiger partial charge < -0.3 is 130 Å². The van der Waals surface area contributed by atoms with Gasteiger partial charge in [-0.3, -0.25) is 0 Å². The third kappa shape index (κ3) is 13.1. The van der Waals surface area contributed by atoms with Gasteiger partial charge in [0.25, 0.3) is 0 Å². The van der Waals surface area contributed by atoms with Crippen molar-refractivity contribution in [2.24, 2.45) is 63.1 Å². The summed E-state index contributed by atoms with van der Waals surface area (Å²) in [7, 11) is 0. The molecule has 3 unspecified atom stereocenters. The number of hydrogen-bond acceptors (Lipinski definition) is 26.